The number of carboxylic acids is 1. The lowest BCUT2D eigenvalue weighted by Gasteiger charge is -2.09. The molecule has 0 aliphatic heterocycles. The Labute approximate surface area is 96.6 Å². The van der Waals surface area contributed by atoms with Gasteiger partial charge < -0.3 is 10.2 Å². The Morgan fingerprint density at radius 1 is 1.56 bits per heavy atom. The highest BCUT2D eigenvalue weighted by Crippen LogP contribution is 2.21. The zero-order chi connectivity index (χ0) is 12.3. The van der Waals surface area contributed by atoms with Crippen molar-refractivity contribution in [1.82, 2.24) is 4.72 Å². The van der Waals surface area contributed by atoms with Crippen LogP contribution in [0.15, 0.2) is 16.3 Å². The van der Waals surface area contributed by atoms with Crippen LogP contribution < -0.4 is 4.72 Å². The van der Waals surface area contributed by atoms with E-state index in [0.717, 1.165) is 0 Å². The quantitative estimate of drug-likeness (QED) is 0.700. The highest BCUT2D eigenvalue weighted by atomic mass is 32.2. The normalized spacial score (nSPS) is 13.6. The zero-order valence-electron chi connectivity index (χ0n) is 8.37. The van der Waals surface area contributed by atoms with Crippen LogP contribution in [0.2, 0.25) is 0 Å². The third-order valence-electron chi connectivity index (χ3n) is 1.69. The zero-order valence-corrected chi connectivity index (χ0v) is 10.0. The molecule has 0 aliphatic carbocycles. The molecule has 0 radical (unpaired) electrons. The first-order valence-electron chi connectivity index (χ1n) is 4.33. The van der Waals surface area contributed by atoms with Crippen LogP contribution in [0.4, 0.5) is 0 Å². The number of thiophene rings is 1. The molecule has 1 rings (SSSR count). The maximum atomic E-state index is 11.6. The number of rotatable bonds is 5. The van der Waals surface area contributed by atoms with Crippen molar-refractivity contribution < 1.29 is 23.4 Å². The van der Waals surface area contributed by atoms with Gasteiger partial charge in [-0.2, -0.15) is 0 Å². The number of carbonyl (C=O) groups is 1. The van der Waals surface area contributed by atoms with Gasteiger partial charge in [-0.3, -0.25) is 0 Å². The van der Waals surface area contributed by atoms with Crippen molar-refractivity contribution in [3.8, 4) is 0 Å². The summed E-state index contributed by atoms with van der Waals surface area (Å²) in [6.07, 6.45) is 0. The summed E-state index contributed by atoms with van der Waals surface area (Å²) >= 11 is 0.669. The predicted molar refractivity (Wildman–Crippen MR) is 58.1 cm³/mol. The highest BCUT2D eigenvalue weighted by molar-refractivity contribution is 7.91. The number of carboxylic acid groups (broad SMARTS) is 1. The van der Waals surface area contributed by atoms with Gasteiger partial charge in [-0.15, -0.1) is 11.3 Å². The van der Waals surface area contributed by atoms with Gasteiger partial charge >= 0.3 is 5.97 Å². The highest BCUT2D eigenvalue weighted by Gasteiger charge is 2.20. The first-order valence-corrected chi connectivity index (χ1v) is 6.63. The molecule has 0 aromatic carbocycles. The fourth-order valence-corrected chi connectivity index (χ4v) is 3.34. The van der Waals surface area contributed by atoms with E-state index in [1.165, 1.54) is 19.1 Å². The Kier molecular flexibility index (Phi) is 4.03. The van der Waals surface area contributed by atoms with Gasteiger partial charge in [0.15, 0.2) is 0 Å². The van der Waals surface area contributed by atoms with Gasteiger partial charge in [-0.05, 0) is 19.1 Å². The van der Waals surface area contributed by atoms with E-state index >= 15 is 0 Å². The SMILES string of the molecule is C[C@@H](CO)NS(=O)(=O)c1ccc(C(=O)O)s1. The fourth-order valence-electron chi connectivity index (χ4n) is 0.940. The van der Waals surface area contributed by atoms with E-state index in [1.54, 1.807) is 0 Å². The van der Waals surface area contributed by atoms with Crippen LogP contribution in [0, 0.1) is 0 Å². The minimum absolute atomic E-state index is 0.0444. The molecule has 0 fully saturated rings. The van der Waals surface area contributed by atoms with E-state index in [-0.39, 0.29) is 15.7 Å². The summed E-state index contributed by atoms with van der Waals surface area (Å²) < 4.78 is 25.4. The van der Waals surface area contributed by atoms with Crippen molar-refractivity contribution in [2.24, 2.45) is 0 Å². The van der Waals surface area contributed by atoms with E-state index < -0.39 is 22.0 Å². The third kappa shape index (κ3) is 3.01. The van der Waals surface area contributed by atoms with E-state index in [0.29, 0.717) is 11.3 Å². The number of aliphatic hydroxyl groups excluding tert-OH is 1. The van der Waals surface area contributed by atoms with Crippen LogP contribution in [0.1, 0.15) is 16.6 Å². The summed E-state index contributed by atoms with van der Waals surface area (Å²) in [5.74, 6) is -1.17. The molecule has 1 aromatic heterocycles. The van der Waals surface area contributed by atoms with Crippen molar-refractivity contribution in [2.75, 3.05) is 6.61 Å². The van der Waals surface area contributed by atoms with E-state index in [9.17, 15) is 13.2 Å². The Balaban J connectivity index is 2.94. The predicted octanol–water partition coefficient (Wildman–Crippen LogP) is 0.105. The van der Waals surface area contributed by atoms with Crippen LogP contribution in [0.3, 0.4) is 0 Å². The number of aromatic carboxylic acids is 1. The second-order valence-corrected chi connectivity index (χ2v) is 6.15. The molecule has 0 amide bonds. The minimum Gasteiger partial charge on any atom is -0.477 e. The van der Waals surface area contributed by atoms with Gasteiger partial charge in [0, 0.05) is 6.04 Å². The first kappa shape index (κ1) is 13.1. The van der Waals surface area contributed by atoms with Gasteiger partial charge in [0.2, 0.25) is 10.0 Å². The second-order valence-electron chi connectivity index (χ2n) is 3.13. The van der Waals surface area contributed by atoms with Gasteiger partial charge in [-0.25, -0.2) is 17.9 Å². The molecule has 16 heavy (non-hydrogen) atoms. The van der Waals surface area contributed by atoms with Crippen LogP contribution >= 0.6 is 11.3 Å². The molecule has 0 aliphatic rings. The van der Waals surface area contributed by atoms with Crippen LogP contribution in [0.5, 0.6) is 0 Å². The Hall–Kier alpha value is -0.960. The van der Waals surface area contributed by atoms with Crippen molar-refractivity contribution in [3.05, 3.63) is 17.0 Å². The molecule has 1 aromatic rings. The third-order valence-corrected chi connectivity index (χ3v) is 4.84. The number of nitrogens with one attached hydrogen (secondary N) is 1. The van der Waals surface area contributed by atoms with Crippen molar-refractivity contribution in [3.63, 3.8) is 0 Å². The average Bonchev–Trinajstić information content (AvgIpc) is 2.66. The molecule has 6 nitrogen and oxygen atoms in total. The molecule has 8 heteroatoms. The van der Waals surface area contributed by atoms with Crippen molar-refractivity contribution in [1.29, 1.82) is 0 Å². The number of hydrogen-bond acceptors (Lipinski definition) is 5. The molecule has 90 valence electrons. The summed E-state index contributed by atoms with van der Waals surface area (Å²) in [5, 5.41) is 17.4. The lowest BCUT2D eigenvalue weighted by Crippen LogP contribution is -2.34. The van der Waals surface area contributed by atoms with Crippen LogP contribution in [0.25, 0.3) is 0 Å². The van der Waals surface area contributed by atoms with Crippen molar-refractivity contribution in [2.45, 2.75) is 17.2 Å². The van der Waals surface area contributed by atoms with E-state index in [1.807, 2.05) is 0 Å². The maximum absolute atomic E-state index is 11.6. The van der Waals surface area contributed by atoms with Gasteiger partial charge in [-0.1, -0.05) is 0 Å². The lowest BCUT2D eigenvalue weighted by molar-refractivity contribution is 0.0702. The molecule has 0 spiro atoms. The summed E-state index contributed by atoms with van der Waals surface area (Å²) in [7, 11) is -3.74. The van der Waals surface area contributed by atoms with Gasteiger partial charge in [0.25, 0.3) is 0 Å². The number of hydrogen-bond donors (Lipinski definition) is 3. The van der Waals surface area contributed by atoms with Crippen molar-refractivity contribution >= 4 is 27.3 Å². The topological polar surface area (TPSA) is 104 Å². The molecule has 0 unspecified atom stereocenters. The fraction of sp³-hybridized carbons (Fsp3) is 0.375. The smallest absolute Gasteiger partial charge is 0.345 e. The molecule has 0 bridgehead atoms. The summed E-state index contributed by atoms with van der Waals surface area (Å²) in [5.41, 5.74) is 0. The minimum atomic E-state index is -3.74. The summed E-state index contributed by atoms with van der Waals surface area (Å²) in [4.78, 5) is 10.5. The largest absolute Gasteiger partial charge is 0.477 e. The molecule has 3 N–H and O–H groups in total. The standard InChI is InChI=1S/C8H11NO5S2/c1-5(4-10)9-16(13,14)7-3-2-6(15-7)8(11)12/h2-3,5,9-10H,4H2,1H3,(H,11,12)/t5-/m0/s1. The molecule has 0 saturated carbocycles. The van der Waals surface area contributed by atoms with Crippen LogP contribution in [-0.2, 0) is 10.0 Å². The first-order chi connectivity index (χ1) is 7.36. The lowest BCUT2D eigenvalue weighted by atomic mass is 10.4. The van der Waals surface area contributed by atoms with E-state index in [4.69, 9.17) is 10.2 Å². The number of sulfonamides is 1. The molecule has 1 atom stereocenters. The average molecular weight is 265 g/mol. The van der Waals surface area contributed by atoms with Gasteiger partial charge in [0.05, 0.1) is 6.61 Å². The molecule has 1 heterocycles. The summed E-state index contributed by atoms with van der Waals surface area (Å²) in [6, 6.07) is 1.84. The Morgan fingerprint density at radius 3 is 2.62 bits per heavy atom. The molecular weight excluding hydrogens is 254 g/mol. The molecule has 0 saturated heterocycles. The molecular formula is C8H11NO5S2. The summed E-state index contributed by atoms with van der Waals surface area (Å²) in [6.45, 7) is 1.18. The monoisotopic (exact) mass is 265 g/mol. The number of aliphatic hydroxyl groups is 1. The van der Waals surface area contributed by atoms with E-state index in [2.05, 4.69) is 4.72 Å². The Morgan fingerprint density at radius 2 is 2.19 bits per heavy atom. The maximum Gasteiger partial charge on any atom is 0.345 e. The van der Waals surface area contributed by atoms with Gasteiger partial charge in [0.1, 0.15) is 9.09 Å². The second kappa shape index (κ2) is 4.91. The van der Waals surface area contributed by atoms with Crippen LogP contribution in [-0.4, -0.2) is 37.2 Å². The Bertz CT molecular complexity index is 478.